The molecule has 0 heterocycles. The molecule has 0 aromatic carbocycles. The lowest BCUT2D eigenvalue weighted by Crippen LogP contribution is -2.35. The van der Waals surface area contributed by atoms with Crippen molar-refractivity contribution in [1.29, 1.82) is 0 Å². The van der Waals surface area contributed by atoms with E-state index >= 15 is 0 Å². The minimum atomic E-state index is 0.0734. The Morgan fingerprint density at radius 3 is 2.58 bits per heavy atom. The van der Waals surface area contributed by atoms with Crippen LogP contribution in [0, 0.1) is 0 Å². The van der Waals surface area contributed by atoms with E-state index in [1.807, 2.05) is 7.05 Å². The lowest BCUT2D eigenvalue weighted by Gasteiger charge is -2.17. The average Bonchev–Trinajstić information content (AvgIpc) is 2.07. The standard InChI is InChI=1S/C9H21NO2/c1-4-5-8(2)12-7-9(6-11)10-3/h8-11H,4-7H2,1-3H3. The molecule has 0 aliphatic rings. The van der Waals surface area contributed by atoms with Crippen LogP contribution in [0.25, 0.3) is 0 Å². The molecule has 0 bridgehead atoms. The third kappa shape index (κ3) is 5.52. The van der Waals surface area contributed by atoms with Gasteiger partial charge < -0.3 is 15.2 Å². The maximum atomic E-state index is 8.83. The van der Waals surface area contributed by atoms with Crippen LogP contribution in [0.1, 0.15) is 26.7 Å². The predicted octanol–water partition coefficient (Wildman–Crippen LogP) is 0.772. The Morgan fingerprint density at radius 2 is 2.17 bits per heavy atom. The molecule has 2 N–H and O–H groups in total. The average molecular weight is 175 g/mol. The third-order valence-corrected chi connectivity index (χ3v) is 1.91. The first-order chi connectivity index (χ1) is 5.74. The predicted molar refractivity (Wildman–Crippen MR) is 50.3 cm³/mol. The lowest BCUT2D eigenvalue weighted by molar-refractivity contribution is 0.0341. The zero-order chi connectivity index (χ0) is 9.40. The molecule has 12 heavy (non-hydrogen) atoms. The minimum Gasteiger partial charge on any atom is -0.395 e. The van der Waals surface area contributed by atoms with E-state index in [4.69, 9.17) is 9.84 Å². The quantitative estimate of drug-likeness (QED) is 0.600. The number of hydrogen-bond acceptors (Lipinski definition) is 3. The topological polar surface area (TPSA) is 41.5 Å². The van der Waals surface area contributed by atoms with Gasteiger partial charge in [-0.1, -0.05) is 13.3 Å². The van der Waals surface area contributed by atoms with Crippen molar-refractivity contribution in [3.05, 3.63) is 0 Å². The van der Waals surface area contributed by atoms with Crippen molar-refractivity contribution in [1.82, 2.24) is 5.32 Å². The number of aliphatic hydroxyl groups excluding tert-OH is 1. The molecule has 74 valence electrons. The molecule has 0 rings (SSSR count). The summed E-state index contributed by atoms with van der Waals surface area (Å²) in [6, 6.07) is 0.0734. The third-order valence-electron chi connectivity index (χ3n) is 1.91. The number of nitrogens with one attached hydrogen (secondary N) is 1. The monoisotopic (exact) mass is 175 g/mol. The molecule has 2 unspecified atom stereocenters. The first-order valence-corrected chi connectivity index (χ1v) is 4.64. The van der Waals surface area contributed by atoms with Crippen LogP contribution in [0.15, 0.2) is 0 Å². The first kappa shape index (κ1) is 11.9. The van der Waals surface area contributed by atoms with Crippen molar-refractivity contribution in [2.24, 2.45) is 0 Å². The van der Waals surface area contributed by atoms with E-state index in [2.05, 4.69) is 19.2 Å². The van der Waals surface area contributed by atoms with Gasteiger partial charge in [-0.25, -0.2) is 0 Å². The molecule has 0 aliphatic heterocycles. The highest BCUT2D eigenvalue weighted by atomic mass is 16.5. The smallest absolute Gasteiger partial charge is 0.0645 e. The van der Waals surface area contributed by atoms with E-state index in [-0.39, 0.29) is 12.6 Å². The molecule has 0 amide bonds. The van der Waals surface area contributed by atoms with Crippen LogP contribution >= 0.6 is 0 Å². The van der Waals surface area contributed by atoms with Crippen LogP contribution in [-0.2, 0) is 4.74 Å². The summed E-state index contributed by atoms with van der Waals surface area (Å²) in [5.41, 5.74) is 0. The van der Waals surface area contributed by atoms with Gasteiger partial charge in [0.05, 0.1) is 25.4 Å². The second-order valence-corrected chi connectivity index (χ2v) is 3.10. The zero-order valence-corrected chi connectivity index (χ0v) is 8.34. The van der Waals surface area contributed by atoms with Crippen LogP contribution in [-0.4, -0.2) is 37.5 Å². The van der Waals surface area contributed by atoms with Gasteiger partial charge in [-0.2, -0.15) is 0 Å². The van der Waals surface area contributed by atoms with Crippen LogP contribution in [0.4, 0.5) is 0 Å². The molecule has 0 aromatic heterocycles. The molecule has 3 nitrogen and oxygen atoms in total. The van der Waals surface area contributed by atoms with Gasteiger partial charge >= 0.3 is 0 Å². The molecule has 0 radical (unpaired) electrons. The maximum absolute atomic E-state index is 8.83. The second-order valence-electron chi connectivity index (χ2n) is 3.10. The van der Waals surface area contributed by atoms with Crippen molar-refractivity contribution in [2.45, 2.75) is 38.8 Å². The Bertz CT molecular complexity index is 94.5. The van der Waals surface area contributed by atoms with Gasteiger partial charge in [-0.05, 0) is 20.4 Å². The van der Waals surface area contributed by atoms with E-state index < -0.39 is 0 Å². The van der Waals surface area contributed by atoms with Crippen LogP contribution in [0.2, 0.25) is 0 Å². The summed E-state index contributed by atoms with van der Waals surface area (Å²) in [6.45, 7) is 4.93. The van der Waals surface area contributed by atoms with Gasteiger partial charge in [-0.15, -0.1) is 0 Å². The summed E-state index contributed by atoms with van der Waals surface area (Å²) in [4.78, 5) is 0. The number of rotatable bonds is 7. The van der Waals surface area contributed by atoms with E-state index in [1.54, 1.807) is 0 Å². The normalized spacial score (nSPS) is 16.0. The van der Waals surface area contributed by atoms with Crippen molar-refractivity contribution < 1.29 is 9.84 Å². The summed E-state index contributed by atoms with van der Waals surface area (Å²) < 4.78 is 5.50. The molecular formula is C9H21NO2. The fourth-order valence-corrected chi connectivity index (χ4v) is 0.998. The maximum Gasteiger partial charge on any atom is 0.0645 e. The number of ether oxygens (including phenoxy) is 1. The SMILES string of the molecule is CCCC(C)OCC(CO)NC. The van der Waals surface area contributed by atoms with Crippen molar-refractivity contribution >= 4 is 0 Å². The Kier molecular flexibility index (Phi) is 7.45. The highest BCUT2D eigenvalue weighted by molar-refractivity contribution is 4.61. The summed E-state index contributed by atoms with van der Waals surface area (Å²) in [6.07, 6.45) is 2.53. The molecule has 0 aliphatic carbocycles. The van der Waals surface area contributed by atoms with Crippen LogP contribution in [0.3, 0.4) is 0 Å². The largest absolute Gasteiger partial charge is 0.395 e. The Balaban J connectivity index is 3.37. The van der Waals surface area contributed by atoms with E-state index in [9.17, 15) is 0 Å². The summed E-state index contributed by atoms with van der Waals surface area (Å²) in [5.74, 6) is 0. The summed E-state index contributed by atoms with van der Waals surface area (Å²) in [5, 5.41) is 11.8. The van der Waals surface area contributed by atoms with Gasteiger partial charge in [0.1, 0.15) is 0 Å². The number of likely N-dealkylation sites (N-methyl/N-ethyl adjacent to an activating group) is 1. The molecule has 3 heteroatoms. The van der Waals surface area contributed by atoms with Gasteiger partial charge in [0.2, 0.25) is 0 Å². The summed E-state index contributed by atoms with van der Waals surface area (Å²) in [7, 11) is 1.83. The molecular weight excluding hydrogens is 154 g/mol. The number of aliphatic hydroxyl groups is 1. The Morgan fingerprint density at radius 1 is 1.50 bits per heavy atom. The lowest BCUT2D eigenvalue weighted by atomic mass is 10.2. The molecule has 0 aromatic rings. The Labute approximate surface area is 75.1 Å². The van der Waals surface area contributed by atoms with Crippen molar-refractivity contribution in [3.63, 3.8) is 0 Å². The molecule has 0 saturated heterocycles. The van der Waals surface area contributed by atoms with E-state index in [1.165, 1.54) is 0 Å². The fourth-order valence-electron chi connectivity index (χ4n) is 0.998. The van der Waals surface area contributed by atoms with Gasteiger partial charge in [-0.3, -0.25) is 0 Å². The van der Waals surface area contributed by atoms with Crippen molar-refractivity contribution in [2.75, 3.05) is 20.3 Å². The van der Waals surface area contributed by atoms with Gasteiger partial charge in [0.15, 0.2) is 0 Å². The zero-order valence-electron chi connectivity index (χ0n) is 8.34. The van der Waals surface area contributed by atoms with Crippen LogP contribution in [0.5, 0.6) is 0 Å². The number of hydrogen-bond donors (Lipinski definition) is 2. The second kappa shape index (κ2) is 7.53. The highest BCUT2D eigenvalue weighted by Crippen LogP contribution is 2.00. The van der Waals surface area contributed by atoms with E-state index in [0.717, 1.165) is 12.8 Å². The fraction of sp³-hybridized carbons (Fsp3) is 1.00. The van der Waals surface area contributed by atoms with Gasteiger partial charge in [0.25, 0.3) is 0 Å². The molecule has 2 atom stereocenters. The minimum absolute atomic E-state index is 0.0734. The summed E-state index contributed by atoms with van der Waals surface area (Å²) >= 11 is 0. The van der Waals surface area contributed by atoms with Crippen molar-refractivity contribution in [3.8, 4) is 0 Å². The van der Waals surface area contributed by atoms with Gasteiger partial charge in [0, 0.05) is 0 Å². The molecule has 0 fully saturated rings. The highest BCUT2D eigenvalue weighted by Gasteiger charge is 2.06. The first-order valence-electron chi connectivity index (χ1n) is 4.64. The Hall–Kier alpha value is -0.120. The molecule has 0 saturated carbocycles. The molecule has 0 spiro atoms. The van der Waals surface area contributed by atoms with Crippen LogP contribution < -0.4 is 5.32 Å². The van der Waals surface area contributed by atoms with E-state index in [0.29, 0.717) is 12.7 Å².